The highest BCUT2D eigenvalue weighted by molar-refractivity contribution is 5.69. The van der Waals surface area contributed by atoms with Gasteiger partial charge in [0.05, 0.1) is 0 Å². The predicted octanol–water partition coefficient (Wildman–Crippen LogP) is 23.0. The number of hydrogen-bond donors (Lipinski definition) is 0. The first-order valence-corrected chi connectivity index (χ1v) is 36.5. The van der Waals surface area contributed by atoms with E-state index in [1.54, 1.807) is 197 Å². The first kappa shape index (κ1) is 82.7. The van der Waals surface area contributed by atoms with E-state index in [1.165, 1.54) is 0 Å². The summed E-state index contributed by atoms with van der Waals surface area (Å²) in [6, 6.07) is 69.1. The summed E-state index contributed by atoms with van der Waals surface area (Å²) in [6.07, 6.45) is -5.03. The topological polar surface area (TPSA) is 213 Å². The highest BCUT2D eigenvalue weighted by atomic mass is 16.8. The van der Waals surface area contributed by atoms with Gasteiger partial charge in [-0.3, -0.25) is 0 Å². The van der Waals surface area contributed by atoms with Crippen molar-refractivity contribution >= 4 is 36.9 Å². The minimum absolute atomic E-state index is 0.284. The zero-order valence-corrected chi connectivity index (χ0v) is 67.1. The molecular weight excluding hydrogens is 1390 g/mol. The number of ether oxygens (including phenoxy) is 12. The van der Waals surface area contributed by atoms with Crippen LogP contribution in [0.3, 0.4) is 0 Å². The van der Waals surface area contributed by atoms with E-state index in [2.05, 4.69) is 100 Å². The summed E-state index contributed by atoms with van der Waals surface area (Å²) in [7, 11) is 0. The molecule has 18 heteroatoms. The van der Waals surface area contributed by atoms with Crippen LogP contribution in [0, 0.1) is 0 Å². The molecule has 0 atom stereocenters. The van der Waals surface area contributed by atoms with Crippen molar-refractivity contribution in [3.05, 3.63) is 285 Å². The molecule has 9 aromatic carbocycles. The molecule has 9 aromatic rings. The fourth-order valence-corrected chi connectivity index (χ4v) is 12.8. The van der Waals surface area contributed by atoms with Gasteiger partial charge < -0.3 is 56.8 Å². The first-order valence-electron chi connectivity index (χ1n) is 36.5. The van der Waals surface area contributed by atoms with Crippen molar-refractivity contribution in [1.82, 2.24) is 0 Å². The molecule has 110 heavy (non-hydrogen) atoms. The molecule has 0 fully saturated rings. The van der Waals surface area contributed by atoms with Gasteiger partial charge in [-0.1, -0.05) is 146 Å². The van der Waals surface area contributed by atoms with Crippen LogP contribution in [0.15, 0.2) is 218 Å². The summed E-state index contributed by atoms with van der Waals surface area (Å²) in [5, 5.41) is 0. The molecule has 0 aromatic heterocycles. The average molecular weight is 1500 g/mol. The lowest BCUT2D eigenvalue weighted by Gasteiger charge is -2.37. The van der Waals surface area contributed by atoms with Crippen molar-refractivity contribution in [1.29, 1.82) is 0 Å². The molecule has 0 aliphatic carbocycles. The smallest absolute Gasteiger partial charge is 0.428 e. The molecule has 578 valence electrons. The second-order valence-electron chi connectivity index (χ2n) is 33.8. The molecule has 0 radical (unpaired) electrons. The van der Waals surface area contributed by atoms with Gasteiger partial charge in [-0.05, 0) is 292 Å². The summed E-state index contributed by atoms with van der Waals surface area (Å²) in [5.74, 6) is 1.70. The molecule has 0 aliphatic rings. The van der Waals surface area contributed by atoms with E-state index < -0.39 is 92.2 Å². The van der Waals surface area contributed by atoms with Crippen molar-refractivity contribution in [3.8, 4) is 34.5 Å². The quantitative estimate of drug-likeness (QED) is 0.0338. The van der Waals surface area contributed by atoms with Crippen molar-refractivity contribution in [2.24, 2.45) is 0 Å². The first-order chi connectivity index (χ1) is 51.1. The van der Waals surface area contributed by atoms with E-state index in [0.717, 1.165) is 66.8 Å². The predicted molar refractivity (Wildman–Crippen MR) is 421 cm³/mol. The second-order valence-corrected chi connectivity index (χ2v) is 33.8. The Morgan fingerprint density at radius 3 is 0.318 bits per heavy atom. The fraction of sp³-hybridized carbons (Fsp3) is 0.348. The molecule has 0 saturated carbocycles. The molecule has 0 amide bonds. The number of carbonyl (C=O) groups excluding carboxylic acids is 6. The molecule has 0 unspecified atom stereocenters. The Kier molecular flexibility index (Phi) is 24.1. The van der Waals surface area contributed by atoms with E-state index in [1.807, 2.05) is 72.8 Å². The van der Waals surface area contributed by atoms with Crippen LogP contribution in [0.5, 0.6) is 34.5 Å². The lowest BCUT2D eigenvalue weighted by atomic mass is 9.66. The third-order valence-electron chi connectivity index (χ3n) is 18.3. The average Bonchev–Trinajstić information content (AvgIpc) is 0.730. The largest absolute Gasteiger partial charge is 0.514 e. The molecule has 0 aliphatic heterocycles. The molecule has 18 nitrogen and oxygen atoms in total. The monoisotopic (exact) mass is 1490 g/mol. The molecule has 0 spiro atoms. The Morgan fingerprint density at radius 2 is 0.236 bits per heavy atom. The van der Waals surface area contributed by atoms with Crippen LogP contribution in [-0.2, 0) is 50.1 Å². The van der Waals surface area contributed by atoms with Crippen LogP contribution in [-0.4, -0.2) is 70.5 Å². The summed E-state index contributed by atoms with van der Waals surface area (Å²) in [6.45, 7) is 40.2. The normalized spacial score (nSPS) is 12.5. The van der Waals surface area contributed by atoms with E-state index in [9.17, 15) is 28.8 Å². The summed E-state index contributed by atoms with van der Waals surface area (Å²) < 4.78 is 66.8. The van der Waals surface area contributed by atoms with Gasteiger partial charge in [-0.25, -0.2) is 28.8 Å². The fourth-order valence-electron chi connectivity index (χ4n) is 12.8. The van der Waals surface area contributed by atoms with Crippen LogP contribution in [0.4, 0.5) is 28.8 Å². The van der Waals surface area contributed by atoms with Gasteiger partial charge in [0.25, 0.3) is 0 Å². The van der Waals surface area contributed by atoms with Crippen molar-refractivity contribution in [2.75, 3.05) is 0 Å². The maximum absolute atomic E-state index is 12.9. The Bertz CT molecular complexity index is 3990. The van der Waals surface area contributed by atoms with Crippen LogP contribution >= 0.6 is 0 Å². The zero-order chi connectivity index (χ0) is 80.8. The van der Waals surface area contributed by atoms with Gasteiger partial charge >= 0.3 is 36.9 Å². The zero-order valence-electron chi connectivity index (χ0n) is 67.1. The number of rotatable bonds is 18. The molecule has 0 saturated heterocycles. The number of carbonyl (C=O) groups is 6. The van der Waals surface area contributed by atoms with Gasteiger partial charge in [-0.2, -0.15) is 0 Å². The van der Waals surface area contributed by atoms with Crippen LogP contribution < -0.4 is 28.4 Å². The molecule has 0 heterocycles. The summed E-state index contributed by atoms with van der Waals surface area (Å²) in [5.41, 5.74) is 2.14. The van der Waals surface area contributed by atoms with E-state index >= 15 is 0 Å². The maximum atomic E-state index is 12.9. The Labute approximate surface area is 646 Å². The van der Waals surface area contributed by atoms with Gasteiger partial charge in [-0.15, -0.1) is 0 Å². The Morgan fingerprint density at radius 1 is 0.155 bits per heavy atom. The standard InChI is InChI=1S/C92H102O18/c1-83(2,3)105-77(93)99-71-47-35-65(36-48-71)90(20,66-37-49-72(50-38-66)100-78(94)106-84(4,5)6)62-29-23-59(24-30-62)89(19,60-25-31-63(32-26-60)91(21,67-39-51-73(52-40-67)101-79(95)107-85(7,8)9)68-41-53-74(54-42-68)102-80(96)108-86(10,11)12)61-27-33-64(34-28-61)92(22,69-43-55-75(56-44-69)103-81(97)109-87(13,14)15)70-45-57-76(58-46-70)104-82(98)110-88(16,17)18/h23-58H,1-22H3. The van der Waals surface area contributed by atoms with E-state index in [4.69, 9.17) is 56.8 Å². The van der Waals surface area contributed by atoms with Crippen LogP contribution in [0.25, 0.3) is 0 Å². The third kappa shape index (κ3) is 21.1. The minimum atomic E-state index is -0.928. The van der Waals surface area contributed by atoms with Crippen LogP contribution in [0.2, 0.25) is 0 Å². The maximum Gasteiger partial charge on any atom is 0.514 e. The van der Waals surface area contributed by atoms with E-state index in [-0.39, 0.29) is 34.5 Å². The third-order valence-corrected chi connectivity index (χ3v) is 18.3. The molecule has 9 rings (SSSR count). The van der Waals surface area contributed by atoms with Crippen LogP contribution in [0.1, 0.15) is 219 Å². The van der Waals surface area contributed by atoms with E-state index in [0.29, 0.717) is 0 Å². The van der Waals surface area contributed by atoms with Gasteiger partial charge in [0.15, 0.2) is 0 Å². The Balaban J connectivity index is 1.21. The number of hydrogen-bond acceptors (Lipinski definition) is 18. The molecule has 0 N–H and O–H groups in total. The van der Waals surface area contributed by atoms with Gasteiger partial charge in [0, 0.05) is 21.7 Å². The summed E-state index contributed by atoms with van der Waals surface area (Å²) >= 11 is 0. The second kappa shape index (κ2) is 32.0. The highest BCUT2D eigenvalue weighted by Crippen LogP contribution is 2.48. The van der Waals surface area contributed by atoms with Gasteiger partial charge in [0.2, 0.25) is 0 Å². The molecule has 0 bridgehead atoms. The molecular formula is C92H102O18. The lowest BCUT2D eigenvalue weighted by molar-refractivity contribution is 0.0193. The van der Waals surface area contributed by atoms with Gasteiger partial charge in [0.1, 0.15) is 68.1 Å². The highest BCUT2D eigenvalue weighted by Gasteiger charge is 2.40. The van der Waals surface area contributed by atoms with Crippen molar-refractivity contribution in [2.45, 2.75) is 208 Å². The summed E-state index contributed by atoms with van der Waals surface area (Å²) in [4.78, 5) is 77.6. The Hall–Kier alpha value is -11.4. The SMILES string of the molecule is CC(C)(C)OC(=O)Oc1ccc(C(C)(c2ccc(OC(=O)OC(C)(C)C)cc2)c2ccc(C(C)(c3ccc(C(C)(c4ccc(OC(=O)OC(C)(C)C)cc4)c4ccc(OC(=O)OC(C)(C)C)cc4)cc3)c3ccc(C(C)(c4ccc(OC(=O)OC(C)(C)C)cc4)c4ccc(OC(=O)OC(C)(C)C)cc4)cc3)cc2)cc1. The number of benzene rings is 9. The van der Waals surface area contributed by atoms with Crippen molar-refractivity contribution in [3.63, 3.8) is 0 Å². The lowest BCUT2D eigenvalue weighted by Crippen LogP contribution is -2.29. The minimum Gasteiger partial charge on any atom is -0.428 e. The van der Waals surface area contributed by atoms with Crippen molar-refractivity contribution < 1.29 is 85.6 Å².